The fourth-order valence-electron chi connectivity index (χ4n) is 2.76. The van der Waals surface area contributed by atoms with E-state index < -0.39 is 22.7 Å². The molecule has 2 aromatic carbocycles. The Balaban J connectivity index is 1.70. The van der Waals surface area contributed by atoms with Gasteiger partial charge < -0.3 is 14.8 Å². The van der Waals surface area contributed by atoms with Gasteiger partial charge in [0.2, 0.25) is 11.8 Å². The highest BCUT2D eigenvalue weighted by atomic mass is 35.5. The normalized spacial score (nSPS) is 17.6. The van der Waals surface area contributed by atoms with Crippen LogP contribution in [0.25, 0.3) is 0 Å². The van der Waals surface area contributed by atoms with Crippen molar-refractivity contribution in [3.8, 4) is 5.75 Å². The Morgan fingerprint density at radius 3 is 2.39 bits per heavy atom. The van der Waals surface area contributed by atoms with Crippen LogP contribution in [0.3, 0.4) is 0 Å². The lowest BCUT2D eigenvalue weighted by Crippen LogP contribution is -2.43. The molecule has 174 valence electrons. The van der Waals surface area contributed by atoms with Crippen LogP contribution in [0.5, 0.6) is 5.75 Å². The third-order valence-corrected chi connectivity index (χ3v) is 5.75. The van der Waals surface area contributed by atoms with Crippen LogP contribution in [-0.4, -0.2) is 52.8 Å². The predicted molar refractivity (Wildman–Crippen MR) is 120 cm³/mol. The Hall–Kier alpha value is -3.18. The van der Waals surface area contributed by atoms with Gasteiger partial charge in [-0.2, -0.15) is 0 Å². The van der Waals surface area contributed by atoms with Gasteiger partial charge in [0, 0.05) is 30.8 Å². The number of aliphatic imine (C=N–C) groups is 1. The smallest absolute Gasteiger partial charge is 0.465 e. The summed E-state index contributed by atoms with van der Waals surface area (Å²) in [6.07, 6.45) is -0.0379. The van der Waals surface area contributed by atoms with Crippen molar-refractivity contribution in [1.82, 2.24) is 4.90 Å². The first-order valence-corrected chi connectivity index (χ1v) is 10.7. The molecule has 0 radical (unpaired) electrons. The predicted octanol–water partition coefficient (Wildman–Crippen LogP) is 4.23. The number of carbonyl (C=O) groups excluding carboxylic acids is 3. The van der Waals surface area contributed by atoms with Crippen molar-refractivity contribution < 1.29 is 32.6 Å². The largest absolute Gasteiger partial charge is 0.487 e. The van der Waals surface area contributed by atoms with E-state index in [4.69, 9.17) is 11.6 Å². The number of esters is 1. The molecule has 1 heterocycles. The fourth-order valence-corrected chi connectivity index (χ4v) is 3.91. The van der Waals surface area contributed by atoms with Gasteiger partial charge in [-0.1, -0.05) is 11.8 Å². The molecule has 0 bridgehead atoms. The Morgan fingerprint density at radius 1 is 1.18 bits per heavy atom. The molecule has 0 unspecified atom stereocenters. The number of amides is 2. The summed E-state index contributed by atoms with van der Waals surface area (Å²) in [6, 6.07) is 11.5. The van der Waals surface area contributed by atoms with Crippen molar-refractivity contribution in [2.45, 2.75) is 17.2 Å². The van der Waals surface area contributed by atoms with Gasteiger partial charge in [0.05, 0.1) is 18.4 Å². The first-order valence-electron chi connectivity index (χ1n) is 9.42. The number of methoxy groups -OCH3 is 1. The van der Waals surface area contributed by atoms with Crippen LogP contribution in [0.2, 0.25) is 0 Å². The lowest BCUT2D eigenvalue weighted by molar-refractivity contribution is -0.128. The van der Waals surface area contributed by atoms with Crippen molar-refractivity contribution in [3.05, 3.63) is 54.1 Å². The molecule has 1 saturated heterocycles. The Morgan fingerprint density at radius 2 is 1.82 bits per heavy atom. The van der Waals surface area contributed by atoms with Gasteiger partial charge in [0.15, 0.2) is 5.17 Å². The summed E-state index contributed by atoms with van der Waals surface area (Å²) in [5.41, 5.74) is -2.69. The van der Waals surface area contributed by atoms with Crippen LogP contribution in [-0.2, 0) is 14.3 Å². The minimum Gasteiger partial charge on any atom is -0.465 e. The molecule has 8 nitrogen and oxygen atoms in total. The number of nitrogens with zero attached hydrogens (tertiary/aromatic N) is 2. The average Bonchev–Trinajstić information content (AvgIpc) is 2.77. The molecule has 0 aromatic heterocycles. The van der Waals surface area contributed by atoms with Crippen molar-refractivity contribution >= 4 is 57.7 Å². The third kappa shape index (κ3) is 6.65. The van der Waals surface area contributed by atoms with Crippen molar-refractivity contribution in [1.29, 1.82) is 0 Å². The minimum absolute atomic E-state index is 0.0379. The van der Waals surface area contributed by atoms with Crippen molar-refractivity contribution in [3.63, 3.8) is 0 Å². The quantitative estimate of drug-likeness (QED) is 0.474. The number of benzene rings is 2. The van der Waals surface area contributed by atoms with Crippen molar-refractivity contribution in [2.24, 2.45) is 4.99 Å². The number of anilines is 1. The molecule has 33 heavy (non-hydrogen) atoms. The second-order valence-electron chi connectivity index (χ2n) is 6.76. The summed E-state index contributed by atoms with van der Waals surface area (Å²) in [4.78, 5) is 42.3. The van der Waals surface area contributed by atoms with Crippen LogP contribution >= 0.6 is 23.4 Å². The molecule has 1 aliphatic rings. The standard InChI is InChI=1S/C21H18ClF2N3O5S/c1-27-17(28)11-16(18(29)25-13-5-3-12(4-6-13)19(30)31-2)33-20(27)26-14-7-9-15(10-8-14)32-21(22,23)24/h3-10,16H,11H2,1-2H3,(H,25,29)/t16-/m1/s1. The Kier molecular flexibility index (Phi) is 7.54. The topological polar surface area (TPSA) is 97.3 Å². The monoisotopic (exact) mass is 497 g/mol. The number of carbonyl (C=O) groups is 3. The van der Waals surface area contributed by atoms with E-state index in [1.165, 1.54) is 55.5 Å². The van der Waals surface area contributed by atoms with Gasteiger partial charge in [-0.05, 0) is 48.5 Å². The molecular weight excluding hydrogens is 480 g/mol. The highest BCUT2D eigenvalue weighted by Gasteiger charge is 2.34. The second kappa shape index (κ2) is 10.2. The number of hydrogen-bond donors (Lipinski definition) is 1. The van der Waals surface area contributed by atoms with Crippen LogP contribution in [0, 0.1) is 0 Å². The number of ether oxygens (including phenoxy) is 2. The first-order chi connectivity index (χ1) is 15.6. The molecule has 3 rings (SSSR count). The Bertz CT molecular complexity index is 1070. The second-order valence-corrected chi connectivity index (χ2v) is 8.37. The molecule has 0 saturated carbocycles. The maximum absolute atomic E-state index is 12.7. The van der Waals surface area contributed by atoms with Gasteiger partial charge in [0.1, 0.15) is 11.0 Å². The van der Waals surface area contributed by atoms with Gasteiger partial charge in [-0.15, -0.1) is 8.78 Å². The molecule has 1 fully saturated rings. The van der Waals surface area contributed by atoms with E-state index in [1.54, 1.807) is 12.1 Å². The van der Waals surface area contributed by atoms with Crippen LogP contribution < -0.4 is 10.1 Å². The van der Waals surface area contributed by atoms with Crippen LogP contribution in [0.1, 0.15) is 16.8 Å². The van der Waals surface area contributed by atoms with E-state index in [1.807, 2.05) is 0 Å². The number of hydrogen-bond acceptors (Lipinski definition) is 7. The summed E-state index contributed by atoms with van der Waals surface area (Å²) in [5, 5.41) is 2.23. The van der Waals surface area contributed by atoms with Gasteiger partial charge in [0.25, 0.3) is 0 Å². The highest BCUT2D eigenvalue weighted by molar-refractivity contribution is 8.15. The lowest BCUT2D eigenvalue weighted by Gasteiger charge is -2.28. The lowest BCUT2D eigenvalue weighted by atomic mass is 10.2. The van der Waals surface area contributed by atoms with Gasteiger partial charge >= 0.3 is 11.5 Å². The summed E-state index contributed by atoms with van der Waals surface area (Å²) < 4.78 is 34.3. The highest BCUT2D eigenvalue weighted by Crippen LogP contribution is 2.31. The van der Waals surface area contributed by atoms with E-state index >= 15 is 0 Å². The molecular formula is C21H18ClF2N3O5S. The van der Waals surface area contributed by atoms with Gasteiger partial charge in [-0.25, -0.2) is 9.79 Å². The van der Waals surface area contributed by atoms with E-state index in [0.29, 0.717) is 16.9 Å². The van der Waals surface area contributed by atoms with Crippen LogP contribution in [0.15, 0.2) is 53.5 Å². The van der Waals surface area contributed by atoms with E-state index in [-0.39, 0.29) is 23.2 Å². The molecule has 2 amide bonds. The van der Waals surface area contributed by atoms with Crippen LogP contribution in [0.4, 0.5) is 20.2 Å². The maximum Gasteiger partial charge on any atom is 0.487 e. The van der Waals surface area contributed by atoms with E-state index in [0.717, 1.165) is 11.8 Å². The fraction of sp³-hybridized carbons (Fsp3) is 0.238. The zero-order chi connectivity index (χ0) is 24.2. The molecule has 1 atom stereocenters. The summed E-state index contributed by atoms with van der Waals surface area (Å²) in [7, 11) is 2.80. The molecule has 1 N–H and O–H groups in total. The van der Waals surface area contributed by atoms with E-state index in [2.05, 4.69) is 19.8 Å². The van der Waals surface area contributed by atoms with E-state index in [9.17, 15) is 23.2 Å². The molecule has 12 heteroatoms. The summed E-state index contributed by atoms with van der Waals surface area (Å²) in [5.74, 6) is -1.38. The minimum atomic E-state index is -3.83. The maximum atomic E-state index is 12.7. The van der Waals surface area contributed by atoms with Crippen molar-refractivity contribution in [2.75, 3.05) is 19.5 Å². The SMILES string of the molecule is COC(=O)c1ccc(NC(=O)[C@H]2CC(=O)N(C)C(=Nc3ccc(OC(F)(F)Cl)cc3)S2)cc1. The molecule has 2 aromatic rings. The zero-order valence-corrected chi connectivity index (χ0v) is 19.0. The summed E-state index contributed by atoms with van der Waals surface area (Å²) >= 11 is 5.83. The number of thioether (sulfide) groups is 1. The summed E-state index contributed by atoms with van der Waals surface area (Å²) in [6.45, 7) is 0. The zero-order valence-electron chi connectivity index (χ0n) is 17.4. The van der Waals surface area contributed by atoms with Gasteiger partial charge in [-0.3, -0.25) is 14.5 Å². The number of alkyl halides is 3. The molecule has 1 aliphatic heterocycles. The number of nitrogens with one attached hydrogen (secondary N) is 1. The average molecular weight is 498 g/mol. The Labute approximate surface area is 196 Å². The third-order valence-electron chi connectivity index (χ3n) is 4.43. The first kappa shape index (κ1) is 24.5. The number of halogens is 3. The molecule has 0 aliphatic carbocycles. The number of amidine groups is 1. The number of rotatable bonds is 6. The molecule has 0 spiro atoms.